The Morgan fingerprint density at radius 1 is 1.25 bits per heavy atom. The van der Waals surface area contributed by atoms with Gasteiger partial charge in [0.1, 0.15) is 5.75 Å². The lowest BCUT2D eigenvalue weighted by atomic mass is 10.1. The molecule has 0 radical (unpaired) electrons. The minimum atomic E-state index is -0.909. The van der Waals surface area contributed by atoms with Gasteiger partial charge in [0.25, 0.3) is 5.91 Å². The van der Waals surface area contributed by atoms with Gasteiger partial charge in [-0.05, 0) is 66.6 Å². The van der Waals surface area contributed by atoms with Crippen LogP contribution in [0.25, 0.3) is 6.08 Å². The summed E-state index contributed by atoms with van der Waals surface area (Å²) in [6, 6.07) is 13.0. The van der Waals surface area contributed by atoms with E-state index in [1.165, 1.54) is 11.8 Å². The Morgan fingerprint density at radius 2 is 2.04 bits per heavy atom. The fourth-order valence-corrected chi connectivity index (χ4v) is 3.38. The van der Waals surface area contributed by atoms with Crippen molar-refractivity contribution in [3.63, 3.8) is 0 Å². The van der Waals surface area contributed by atoms with Crippen LogP contribution < -0.4 is 10.1 Å². The molecule has 6 nitrogen and oxygen atoms in total. The molecule has 1 amide bonds. The first-order valence-corrected chi connectivity index (χ1v) is 9.54. The average Bonchev–Trinajstić information content (AvgIpc) is 2.98. The quantitative estimate of drug-likeness (QED) is 0.719. The van der Waals surface area contributed by atoms with E-state index in [2.05, 4.69) is 10.3 Å². The van der Waals surface area contributed by atoms with Gasteiger partial charge in [-0.25, -0.2) is 4.99 Å². The molecule has 2 N–H and O–H groups in total. The average molecular weight is 396 g/mol. The number of nitrogens with one attached hydrogen (secondary N) is 1. The first-order chi connectivity index (χ1) is 13.4. The predicted octanol–water partition coefficient (Wildman–Crippen LogP) is 4.05. The van der Waals surface area contributed by atoms with Crippen molar-refractivity contribution >= 4 is 40.6 Å². The van der Waals surface area contributed by atoms with E-state index in [1.54, 1.807) is 24.3 Å². The molecular formula is C21H20N2O4S. The number of nitrogens with zero attached hydrogens (tertiary/aromatic N) is 1. The summed E-state index contributed by atoms with van der Waals surface area (Å²) in [5, 5.41) is 12.0. The van der Waals surface area contributed by atoms with Gasteiger partial charge in [0.15, 0.2) is 5.17 Å². The number of carbonyl (C=O) groups excluding carboxylic acids is 1. The van der Waals surface area contributed by atoms with Crippen molar-refractivity contribution in [2.24, 2.45) is 4.99 Å². The summed E-state index contributed by atoms with van der Waals surface area (Å²) >= 11 is 1.28. The van der Waals surface area contributed by atoms with Gasteiger partial charge >= 0.3 is 5.97 Å². The summed E-state index contributed by atoms with van der Waals surface area (Å²) in [6.45, 7) is 4.12. The molecule has 7 heteroatoms. The Hall–Kier alpha value is -3.06. The molecule has 2 aromatic rings. The first-order valence-electron chi connectivity index (χ1n) is 8.73. The minimum Gasteiger partial charge on any atom is -0.493 e. The van der Waals surface area contributed by atoms with Gasteiger partial charge < -0.3 is 15.2 Å². The number of ether oxygens (including phenoxy) is 1. The maximum absolute atomic E-state index is 12.3. The third kappa shape index (κ3) is 5.01. The summed E-state index contributed by atoms with van der Waals surface area (Å²) in [6.07, 6.45) is 1.69. The maximum atomic E-state index is 12.3. The molecule has 3 rings (SSSR count). The van der Waals surface area contributed by atoms with Crippen molar-refractivity contribution in [2.75, 3.05) is 6.61 Å². The van der Waals surface area contributed by atoms with Crippen molar-refractivity contribution in [3.05, 3.63) is 64.1 Å². The van der Waals surface area contributed by atoms with E-state index in [1.807, 2.05) is 38.1 Å². The number of aliphatic imine (C=N–C) groups is 1. The minimum absolute atomic E-state index is 0.0677. The second kappa shape index (κ2) is 8.75. The number of carboxylic acids is 1. The zero-order valence-corrected chi connectivity index (χ0v) is 16.4. The standard InChI is InChI=1S/C21H20N2O4S/c1-13-5-3-8-17(14(13)2)22-21-23-20(26)18(28-21)12-15-6-4-7-16(11-15)27-10-9-19(24)25/h3-8,11-12H,9-10H2,1-2H3,(H,24,25)(H,22,23,26)/b18-12+. The SMILES string of the molecule is Cc1cccc(N=C2NC(=O)/C(=C\c3cccc(OCCC(=O)O)c3)S2)c1C. The number of aliphatic carboxylic acids is 1. The molecule has 1 heterocycles. The molecule has 0 unspecified atom stereocenters. The normalized spacial score (nSPS) is 16.4. The molecule has 1 aliphatic heterocycles. The Bertz CT molecular complexity index is 982. The van der Waals surface area contributed by atoms with E-state index in [-0.39, 0.29) is 18.9 Å². The first kappa shape index (κ1) is 19.7. The fourth-order valence-electron chi connectivity index (χ4n) is 2.55. The highest BCUT2D eigenvalue weighted by molar-refractivity contribution is 8.18. The van der Waals surface area contributed by atoms with Crippen LogP contribution in [0.5, 0.6) is 5.75 Å². The zero-order chi connectivity index (χ0) is 20.1. The molecule has 2 aromatic carbocycles. The molecule has 0 spiro atoms. The van der Waals surface area contributed by atoms with E-state index < -0.39 is 5.97 Å². The Morgan fingerprint density at radius 3 is 2.82 bits per heavy atom. The number of benzene rings is 2. The molecule has 0 bridgehead atoms. The van der Waals surface area contributed by atoms with E-state index in [9.17, 15) is 9.59 Å². The highest BCUT2D eigenvalue weighted by Crippen LogP contribution is 2.30. The second-order valence-corrected chi connectivity index (χ2v) is 7.30. The highest BCUT2D eigenvalue weighted by atomic mass is 32.2. The number of aryl methyl sites for hydroxylation is 1. The van der Waals surface area contributed by atoms with Gasteiger partial charge in [0, 0.05) is 0 Å². The lowest BCUT2D eigenvalue weighted by Gasteiger charge is -2.05. The second-order valence-electron chi connectivity index (χ2n) is 6.27. The number of rotatable bonds is 6. The molecule has 1 fully saturated rings. The largest absolute Gasteiger partial charge is 0.493 e. The summed E-state index contributed by atoms with van der Waals surface area (Å²) in [4.78, 5) is 28.0. The molecule has 0 saturated carbocycles. The van der Waals surface area contributed by atoms with Gasteiger partial charge in [-0.3, -0.25) is 9.59 Å². The zero-order valence-electron chi connectivity index (χ0n) is 15.6. The lowest BCUT2D eigenvalue weighted by Crippen LogP contribution is -2.19. The molecule has 1 aliphatic rings. The third-order valence-corrected chi connectivity index (χ3v) is 5.10. The van der Waals surface area contributed by atoms with E-state index in [0.29, 0.717) is 15.8 Å². The van der Waals surface area contributed by atoms with E-state index in [4.69, 9.17) is 9.84 Å². The monoisotopic (exact) mass is 396 g/mol. The number of amidine groups is 1. The number of hydrogen-bond acceptors (Lipinski definition) is 5. The van der Waals surface area contributed by atoms with Crippen molar-refractivity contribution in [3.8, 4) is 5.75 Å². The fraction of sp³-hybridized carbons (Fsp3) is 0.190. The van der Waals surface area contributed by atoms with Crippen LogP contribution in [-0.2, 0) is 9.59 Å². The maximum Gasteiger partial charge on any atom is 0.306 e. The van der Waals surface area contributed by atoms with Crippen molar-refractivity contribution in [1.82, 2.24) is 5.32 Å². The van der Waals surface area contributed by atoms with Gasteiger partial charge in [0.05, 0.1) is 23.6 Å². The molecule has 0 atom stereocenters. The smallest absolute Gasteiger partial charge is 0.306 e. The number of carboxylic acid groups (broad SMARTS) is 1. The molecule has 28 heavy (non-hydrogen) atoms. The summed E-state index contributed by atoms with van der Waals surface area (Å²) in [7, 11) is 0. The van der Waals surface area contributed by atoms with Crippen LogP contribution in [0.3, 0.4) is 0 Å². The van der Waals surface area contributed by atoms with Gasteiger partial charge in [-0.1, -0.05) is 24.3 Å². The van der Waals surface area contributed by atoms with Crippen molar-refractivity contribution in [1.29, 1.82) is 0 Å². The van der Waals surface area contributed by atoms with Crippen LogP contribution >= 0.6 is 11.8 Å². The number of hydrogen-bond donors (Lipinski definition) is 2. The van der Waals surface area contributed by atoms with Crippen LogP contribution in [0.2, 0.25) is 0 Å². The number of carbonyl (C=O) groups is 2. The molecule has 144 valence electrons. The Labute approximate surface area is 167 Å². The Balaban J connectivity index is 1.75. The molecule has 0 aliphatic carbocycles. The van der Waals surface area contributed by atoms with Crippen molar-refractivity contribution < 1.29 is 19.4 Å². The van der Waals surface area contributed by atoms with Crippen molar-refractivity contribution in [2.45, 2.75) is 20.3 Å². The van der Waals surface area contributed by atoms with E-state index in [0.717, 1.165) is 22.4 Å². The summed E-state index contributed by atoms with van der Waals surface area (Å²) < 4.78 is 5.43. The van der Waals surface area contributed by atoms with E-state index >= 15 is 0 Å². The Kier molecular flexibility index (Phi) is 6.16. The van der Waals surface area contributed by atoms with Crippen LogP contribution in [0.1, 0.15) is 23.1 Å². The number of thioether (sulfide) groups is 1. The van der Waals surface area contributed by atoms with Crippen LogP contribution in [-0.4, -0.2) is 28.8 Å². The molecule has 0 aromatic heterocycles. The lowest BCUT2D eigenvalue weighted by molar-refractivity contribution is -0.137. The topological polar surface area (TPSA) is 88.0 Å². The van der Waals surface area contributed by atoms with Crippen LogP contribution in [0.15, 0.2) is 52.4 Å². The number of amides is 1. The summed E-state index contributed by atoms with van der Waals surface area (Å²) in [5.41, 5.74) is 3.84. The summed E-state index contributed by atoms with van der Waals surface area (Å²) in [5.74, 6) is -0.553. The highest BCUT2D eigenvalue weighted by Gasteiger charge is 2.24. The molecular weight excluding hydrogens is 376 g/mol. The van der Waals surface area contributed by atoms with Gasteiger partial charge in [0.2, 0.25) is 0 Å². The predicted molar refractivity (Wildman–Crippen MR) is 111 cm³/mol. The van der Waals surface area contributed by atoms with Crippen LogP contribution in [0.4, 0.5) is 5.69 Å². The van der Waals surface area contributed by atoms with Gasteiger partial charge in [-0.2, -0.15) is 0 Å². The van der Waals surface area contributed by atoms with Gasteiger partial charge in [-0.15, -0.1) is 0 Å². The molecule has 1 saturated heterocycles. The van der Waals surface area contributed by atoms with Crippen LogP contribution in [0, 0.1) is 13.8 Å². The third-order valence-electron chi connectivity index (χ3n) is 4.19.